The van der Waals surface area contributed by atoms with Gasteiger partial charge in [0.05, 0.1) is 13.2 Å². The van der Waals surface area contributed by atoms with E-state index in [1.54, 1.807) is 0 Å². The molecule has 96 valence electrons. The summed E-state index contributed by atoms with van der Waals surface area (Å²) in [5.41, 5.74) is 0. The van der Waals surface area contributed by atoms with Gasteiger partial charge in [-0.3, -0.25) is 0 Å². The Hall–Kier alpha value is -0.120. The molecular weight excluding hydrogens is 202 g/mol. The standard InChI is InChI=1S/C13H27NO2/c1-11-4-5-12(2)13(10-11)14-6-3-8-16-9-7-15/h11-15H,3-10H2,1-2H3. The zero-order chi connectivity index (χ0) is 11.8. The Labute approximate surface area is 99.6 Å². The molecular formula is C13H27NO2. The van der Waals surface area contributed by atoms with E-state index in [1.807, 2.05) is 0 Å². The van der Waals surface area contributed by atoms with E-state index >= 15 is 0 Å². The first-order valence-corrected chi connectivity index (χ1v) is 6.66. The topological polar surface area (TPSA) is 41.5 Å². The van der Waals surface area contributed by atoms with Gasteiger partial charge >= 0.3 is 0 Å². The van der Waals surface area contributed by atoms with E-state index in [4.69, 9.17) is 9.84 Å². The number of nitrogens with one attached hydrogen (secondary N) is 1. The molecule has 0 saturated heterocycles. The smallest absolute Gasteiger partial charge is 0.0697 e. The third kappa shape index (κ3) is 5.28. The lowest BCUT2D eigenvalue weighted by molar-refractivity contribution is 0.0894. The SMILES string of the molecule is CC1CCC(C)C(NCCCOCCO)C1. The maximum absolute atomic E-state index is 8.55. The van der Waals surface area contributed by atoms with Crippen LogP contribution >= 0.6 is 0 Å². The average molecular weight is 229 g/mol. The number of ether oxygens (including phenoxy) is 1. The second kappa shape index (κ2) is 8.04. The van der Waals surface area contributed by atoms with E-state index in [2.05, 4.69) is 19.2 Å². The highest BCUT2D eigenvalue weighted by Gasteiger charge is 2.24. The maximum atomic E-state index is 8.55. The van der Waals surface area contributed by atoms with Gasteiger partial charge in [0.2, 0.25) is 0 Å². The first-order valence-electron chi connectivity index (χ1n) is 6.66. The van der Waals surface area contributed by atoms with E-state index in [0.29, 0.717) is 12.6 Å². The summed E-state index contributed by atoms with van der Waals surface area (Å²) in [5.74, 6) is 1.69. The molecule has 1 aliphatic rings. The van der Waals surface area contributed by atoms with E-state index in [9.17, 15) is 0 Å². The van der Waals surface area contributed by atoms with Gasteiger partial charge in [-0.1, -0.05) is 20.3 Å². The molecule has 0 radical (unpaired) electrons. The zero-order valence-corrected chi connectivity index (χ0v) is 10.7. The number of aliphatic hydroxyl groups is 1. The number of hydrogen-bond donors (Lipinski definition) is 2. The predicted molar refractivity (Wildman–Crippen MR) is 66.5 cm³/mol. The van der Waals surface area contributed by atoms with Crippen molar-refractivity contribution in [1.82, 2.24) is 5.32 Å². The van der Waals surface area contributed by atoms with Crippen LogP contribution in [0, 0.1) is 11.8 Å². The van der Waals surface area contributed by atoms with Gasteiger partial charge in [-0.25, -0.2) is 0 Å². The van der Waals surface area contributed by atoms with E-state index in [-0.39, 0.29) is 6.61 Å². The van der Waals surface area contributed by atoms with Gasteiger partial charge in [0, 0.05) is 12.6 Å². The molecule has 0 bridgehead atoms. The van der Waals surface area contributed by atoms with Crippen molar-refractivity contribution < 1.29 is 9.84 Å². The summed E-state index contributed by atoms with van der Waals surface area (Å²) in [7, 11) is 0. The largest absolute Gasteiger partial charge is 0.394 e. The summed E-state index contributed by atoms with van der Waals surface area (Å²) >= 11 is 0. The molecule has 0 spiro atoms. The van der Waals surface area contributed by atoms with Crippen molar-refractivity contribution in [1.29, 1.82) is 0 Å². The molecule has 0 aromatic heterocycles. The Morgan fingerprint density at radius 1 is 1.25 bits per heavy atom. The number of aliphatic hydroxyl groups excluding tert-OH is 1. The van der Waals surface area contributed by atoms with Crippen molar-refractivity contribution in [2.75, 3.05) is 26.4 Å². The van der Waals surface area contributed by atoms with Gasteiger partial charge in [0.15, 0.2) is 0 Å². The first kappa shape index (κ1) is 13.9. The van der Waals surface area contributed by atoms with Crippen LogP contribution in [0.4, 0.5) is 0 Å². The molecule has 1 fully saturated rings. The highest BCUT2D eigenvalue weighted by Crippen LogP contribution is 2.28. The highest BCUT2D eigenvalue weighted by atomic mass is 16.5. The van der Waals surface area contributed by atoms with Crippen LogP contribution < -0.4 is 5.32 Å². The van der Waals surface area contributed by atoms with Gasteiger partial charge in [0.25, 0.3) is 0 Å². The molecule has 16 heavy (non-hydrogen) atoms. The lowest BCUT2D eigenvalue weighted by Crippen LogP contribution is -2.40. The fourth-order valence-electron chi connectivity index (χ4n) is 2.45. The van der Waals surface area contributed by atoms with Gasteiger partial charge in [-0.2, -0.15) is 0 Å². The van der Waals surface area contributed by atoms with Crippen molar-refractivity contribution in [3.8, 4) is 0 Å². The van der Waals surface area contributed by atoms with Crippen LogP contribution in [0.15, 0.2) is 0 Å². The molecule has 1 saturated carbocycles. The molecule has 0 amide bonds. The minimum atomic E-state index is 0.130. The second-order valence-corrected chi connectivity index (χ2v) is 5.15. The third-order valence-electron chi connectivity index (χ3n) is 3.57. The summed E-state index contributed by atoms with van der Waals surface area (Å²) in [6.07, 6.45) is 5.11. The Morgan fingerprint density at radius 3 is 2.81 bits per heavy atom. The molecule has 3 unspecified atom stereocenters. The van der Waals surface area contributed by atoms with Crippen LogP contribution in [0.1, 0.15) is 39.5 Å². The predicted octanol–water partition coefficient (Wildman–Crippen LogP) is 1.80. The highest BCUT2D eigenvalue weighted by molar-refractivity contribution is 4.81. The molecule has 1 rings (SSSR count). The molecule has 0 aromatic carbocycles. The van der Waals surface area contributed by atoms with Crippen LogP contribution in [0.25, 0.3) is 0 Å². The molecule has 2 N–H and O–H groups in total. The molecule has 3 nitrogen and oxygen atoms in total. The lowest BCUT2D eigenvalue weighted by atomic mass is 9.80. The summed E-state index contributed by atoms with van der Waals surface area (Å²) in [5, 5.41) is 12.2. The normalized spacial score (nSPS) is 30.6. The zero-order valence-electron chi connectivity index (χ0n) is 10.7. The first-order chi connectivity index (χ1) is 7.74. The van der Waals surface area contributed by atoms with Gasteiger partial charge in [-0.15, -0.1) is 0 Å². The number of rotatable bonds is 7. The maximum Gasteiger partial charge on any atom is 0.0697 e. The quantitative estimate of drug-likeness (QED) is 0.654. The lowest BCUT2D eigenvalue weighted by Gasteiger charge is -2.33. The van der Waals surface area contributed by atoms with Crippen LogP contribution in [-0.4, -0.2) is 37.5 Å². The van der Waals surface area contributed by atoms with Gasteiger partial charge < -0.3 is 15.2 Å². The monoisotopic (exact) mass is 229 g/mol. The molecule has 0 aromatic rings. The van der Waals surface area contributed by atoms with Gasteiger partial charge in [-0.05, 0) is 37.6 Å². The van der Waals surface area contributed by atoms with Gasteiger partial charge in [0.1, 0.15) is 0 Å². The third-order valence-corrected chi connectivity index (χ3v) is 3.57. The Bertz CT molecular complexity index is 175. The summed E-state index contributed by atoms with van der Waals surface area (Å²) in [6, 6.07) is 0.696. The molecule has 1 aliphatic carbocycles. The fourth-order valence-corrected chi connectivity index (χ4v) is 2.45. The Kier molecular flexibility index (Phi) is 7.01. The molecule has 0 aliphatic heterocycles. The second-order valence-electron chi connectivity index (χ2n) is 5.15. The molecule has 3 heteroatoms. The van der Waals surface area contributed by atoms with Crippen LogP contribution in [0.3, 0.4) is 0 Å². The van der Waals surface area contributed by atoms with Crippen molar-refractivity contribution in [3.05, 3.63) is 0 Å². The van der Waals surface area contributed by atoms with E-state index < -0.39 is 0 Å². The van der Waals surface area contributed by atoms with E-state index in [0.717, 1.165) is 31.4 Å². The van der Waals surface area contributed by atoms with Crippen molar-refractivity contribution in [2.45, 2.75) is 45.6 Å². The minimum absolute atomic E-state index is 0.130. The number of hydrogen-bond acceptors (Lipinski definition) is 3. The van der Waals surface area contributed by atoms with Crippen molar-refractivity contribution in [2.24, 2.45) is 11.8 Å². The Balaban J connectivity index is 2.02. The molecule has 0 heterocycles. The van der Waals surface area contributed by atoms with Crippen LogP contribution in [0.5, 0.6) is 0 Å². The average Bonchev–Trinajstić information content (AvgIpc) is 2.28. The Morgan fingerprint density at radius 2 is 2.06 bits per heavy atom. The fraction of sp³-hybridized carbons (Fsp3) is 1.00. The van der Waals surface area contributed by atoms with Crippen molar-refractivity contribution in [3.63, 3.8) is 0 Å². The van der Waals surface area contributed by atoms with Crippen LogP contribution in [-0.2, 0) is 4.74 Å². The summed E-state index contributed by atoms with van der Waals surface area (Å²) < 4.78 is 5.23. The summed E-state index contributed by atoms with van der Waals surface area (Å²) in [6.45, 7) is 7.09. The van der Waals surface area contributed by atoms with Crippen LogP contribution in [0.2, 0.25) is 0 Å². The summed E-state index contributed by atoms with van der Waals surface area (Å²) in [4.78, 5) is 0. The minimum Gasteiger partial charge on any atom is -0.394 e. The van der Waals surface area contributed by atoms with E-state index in [1.165, 1.54) is 19.3 Å². The van der Waals surface area contributed by atoms with Crippen molar-refractivity contribution >= 4 is 0 Å². The molecule has 3 atom stereocenters.